The van der Waals surface area contributed by atoms with Crippen LogP contribution in [0, 0.1) is 6.92 Å². The predicted octanol–water partition coefficient (Wildman–Crippen LogP) is 5.10. The fraction of sp³-hybridized carbons (Fsp3) is 0.429. The van der Waals surface area contributed by atoms with Crippen molar-refractivity contribution in [2.75, 3.05) is 7.11 Å². The lowest BCUT2D eigenvalue weighted by Crippen LogP contribution is -2.32. The Balaban J connectivity index is 1.52. The number of hydrogen-bond acceptors (Lipinski definition) is 6. The Morgan fingerprint density at radius 1 is 1.11 bits per heavy atom. The zero-order valence-corrected chi connectivity index (χ0v) is 21.3. The summed E-state index contributed by atoms with van der Waals surface area (Å²) in [4.78, 5) is 18.6. The van der Waals surface area contributed by atoms with E-state index in [1.807, 2.05) is 28.9 Å². The van der Waals surface area contributed by atoms with E-state index in [-0.39, 0.29) is 11.6 Å². The van der Waals surface area contributed by atoms with Gasteiger partial charge in [0, 0.05) is 24.7 Å². The van der Waals surface area contributed by atoms with Gasteiger partial charge >= 0.3 is 0 Å². The van der Waals surface area contributed by atoms with E-state index in [1.165, 1.54) is 24.0 Å². The van der Waals surface area contributed by atoms with E-state index < -0.39 is 0 Å². The number of nitrogens with one attached hydrogen (secondary N) is 1. The SMILES string of the molecule is CCC(c1nnnn1C1CCCC1)N(Cc1ccc(C)cc1)Cc1cc2ccc(OC)cc2[nH]c1=O. The van der Waals surface area contributed by atoms with Crippen LogP contribution in [0.2, 0.25) is 0 Å². The summed E-state index contributed by atoms with van der Waals surface area (Å²) in [5, 5.41) is 14.0. The van der Waals surface area contributed by atoms with Gasteiger partial charge in [-0.05, 0) is 65.8 Å². The second-order valence-corrected chi connectivity index (χ2v) is 9.81. The van der Waals surface area contributed by atoms with Crippen LogP contribution in [0.15, 0.2) is 53.3 Å². The molecule has 1 aliphatic carbocycles. The zero-order chi connectivity index (χ0) is 25.1. The molecule has 0 saturated heterocycles. The van der Waals surface area contributed by atoms with Crippen molar-refractivity contribution in [2.24, 2.45) is 0 Å². The number of benzene rings is 2. The molecule has 2 aromatic heterocycles. The van der Waals surface area contributed by atoms with E-state index >= 15 is 0 Å². The Morgan fingerprint density at radius 2 is 1.89 bits per heavy atom. The number of hydrogen-bond donors (Lipinski definition) is 1. The second-order valence-electron chi connectivity index (χ2n) is 9.81. The van der Waals surface area contributed by atoms with Crippen LogP contribution in [0.4, 0.5) is 0 Å². The number of tetrazole rings is 1. The van der Waals surface area contributed by atoms with Crippen LogP contribution in [-0.2, 0) is 13.1 Å². The maximum atomic E-state index is 13.2. The Bertz CT molecular complexity index is 1370. The molecular formula is C28H34N6O2. The third kappa shape index (κ3) is 5.04. The summed E-state index contributed by atoms with van der Waals surface area (Å²) in [6, 6.07) is 16.7. The molecule has 4 aromatic rings. The normalized spacial score (nSPS) is 15.1. The highest BCUT2D eigenvalue weighted by Gasteiger charge is 2.29. The maximum absolute atomic E-state index is 13.2. The van der Waals surface area contributed by atoms with Crippen LogP contribution in [0.5, 0.6) is 5.75 Å². The van der Waals surface area contributed by atoms with Crippen LogP contribution in [0.1, 0.15) is 73.6 Å². The third-order valence-electron chi connectivity index (χ3n) is 7.32. The Morgan fingerprint density at radius 3 is 2.61 bits per heavy atom. The summed E-state index contributed by atoms with van der Waals surface area (Å²) in [6.07, 6.45) is 5.48. The summed E-state index contributed by atoms with van der Waals surface area (Å²) in [5.41, 5.74) is 3.82. The first-order chi connectivity index (χ1) is 17.6. The van der Waals surface area contributed by atoms with E-state index in [2.05, 4.69) is 63.5 Å². The highest BCUT2D eigenvalue weighted by molar-refractivity contribution is 5.80. The third-order valence-corrected chi connectivity index (χ3v) is 7.32. The molecule has 5 rings (SSSR count). The van der Waals surface area contributed by atoms with E-state index in [4.69, 9.17) is 4.74 Å². The van der Waals surface area contributed by atoms with Crippen molar-refractivity contribution in [3.8, 4) is 5.75 Å². The molecular weight excluding hydrogens is 452 g/mol. The molecule has 188 valence electrons. The Kier molecular flexibility index (Phi) is 7.13. The number of nitrogens with zero attached hydrogens (tertiary/aromatic N) is 5. The molecule has 8 heteroatoms. The van der Waals surface area contributed by atoms with Gasteiger partial charge in [-0.15, -0.1) is 5.10 Å². The number of aryl methyl sites for hydroxylation is 1. The molecule has 1 saturated carbocycles. The van der Waals surface area contributed by atoms with Gasteiger partial charge in [0.25, 0.3) is 5.56 Å². The maximum Gasteiger partial charge on any atom is 0.252 e. The first-order valence-electron chi connectivity index (χ1n) is 12.8. The van der Waals surface area contributed by atoms with Crippen molar-refractivity contribution in [3.05, 3.63) is 81.4 Å². The fourth-order valence-corrected chi connectivity index (χ4v) is 5.33. The minimum atomic E-state index is -0.0881. The minimum absolute atomic E-state index is 0.0205. The van der Waals surface area contributed by atoms with Crippen molar-refractivity contribution in [2.45, 2.75) is 71.1 Å². The second kappa shape index (κ2) is 10.6. The predicted molar refractivity (Wildman–Crippen MR) is 140 cm³/mol. The van der Waals surface area contributed by atoms with Crippen molar-refractivity contribution in [3.63, 3.8) is 0 Å². The molecule has 1 fully saturated rings. The number of rotatable bonds is 9. The molecule has 8 nitrogen and oxygen atoms in total. The Labute approximate surface area is 211 Å². The molecule has 1 aliphatic rings. The summed E-state index contributed by atoms with van der Waals surface area (Å²) in [6.45, 7) is 5.44. The van der Waals surface area contributed by atoms with Gasteiger partial charge in [-0.1, -0.05) is 49.6 Å². The first-order valence-corrected chi connectivity index (χ1v) is 12.8. The molecule has 0 amide bonds. The van der Waals surface area contributed by atoms with Crippen molar-refractivity contribution >= 4 is 10.9 Å². The molecule has 36 heavy (non-hydrogen) atoms. The smallest absolute Gasteiger partial charge is 0.252 e. The lowest BCUT2D eigenvalue weighted by molar-refractivity contribution is 0.158. The van der Waals surface area contributed by atoms with Crippen LogP contribution in [-0.4, -0.2) is 37.2 Å². The number of aromatic amines is 1. The molecule has 1 unspecified atom stereocenters. The quantitative estimate of drug-likeness (QED) is 0.354. The number of fused-ring (bicyclic) bond motifs is 1. The summed E-state index contributed by atoms with van der Waals surface area (Å²) in [7, 11) is 1.63. The Hall–Kier alpha value is -3.52. The topological polar surface area (TPSA) is 88.9 Å². The number of ether oxygens (including phenoxy) is 1. The van der Waals surface area contributed by atoms with Gasteiger partial charge in [-0.3, -0.25) is 9.69 Å². The van der Waals surface area contributed by atoms with Gasteiger partial charge in [-0.25, -0.2) is 4.68 Å². The lowest BCUT2D eigenvalue weighted by Gasteiger charge is -2.31. The van der Waals surface area contributed by atoms with Crippen molar-refractivity contribution in [1.82, 2.24) is 30.1 Å². The van der Waals surface area contributed by atoms with Crippen LogP contribution in [0.25, 0.3) is 10.9 Å². The van der Waals surface area contributed by atoms with Gasteiger partial charge < -0.3 is 9.72 Å². The van der Waals surface area contributed by atoms with E-state index in [0.717, 1.165) is 47.3 Å². The number of methoxy groups -OCH3 is 1. The highest BCUT2D eigenvalue weighted by Crippen LogP contribution is 2.33. The monoisotopic (exact) mass is 486 g/mol. The van der Waals surface area contributed by atoms with E-state index in [1.54, 1.807) is 7.11 Å². The molecule has 1 N–H and O–H groups in total. The van der Waals surface area contributed by atoms with Crippen LogP contribution >= 0.6 is 0 Å². The van der Waals surface area contributed by atoms with Gasteiger partial charge in [0.15, 0.2) is 5.82 Å². The average molecular weight is 487 g/mol. The molecule has 0 bridgehead atoms. The van der Waals surface area contributed by atoms with Crippen LogP contribution in [0.3, 0.4) is 0 Å². The van der Waals surface area contributed by atoms with E-state index in [9.17, 15) is 4.79 Å². The molecule has 0 radical (unpaired) electrons. The molecule has 2 aromatic carbocycles. The van der Waals surface area contributed by atoms with Gasteiger partial charge in [0.1, 0.15) is 5.75 Å². The van der Waals surface area contributed by atoms with E-state index in [0.29, 0.717) is 19.1 Å². The zero-order valence-electron chi connectivity index (χ0n) is 21.3. The lowest BCUT2D eigenvalue weighted by atomic mass is 10.1. The molecule has 0 aliphatic heterocycles. The first kappa shape index (κ1) is 24.2. The largest absolute Gasteiger partial charge is 0.497 e. The molecule has 0 spiro atoms. The van der Waals surface area contributed by atoms with Gasteiger partial charge in [0.2, 0.25) is 0 Å². The standard InChI is InChI=1S/C28H34N6O2/c1-4-26(27-30-31-32-34(27)23-7-5-6-8-23)33(17-20-11-9-19(2)10-12-20)18-22-15-21-13-14-24(36-3)16-25(21)29-28(22)35/h9-16,23,26H,4-8,17-18H2,1-3H3,(H,29,35). The average Bonchev–Trinajstić information content (AvgIpc) is 3.58. The highest BCUT2D eigenvalue weighted by atomic mass is 16.5. The molecule has 1 atom stereocenters. The van der Waals surface area contributed by atoms with Gasteiger partial charge in [-0.2, -0.15) is 0 Å². The summed E-state index contributed by atoms with van der Waals surface area (Å²) >= 11 is 0. The van der Waals surface area contributed by atoms with Gasteiger partial charge in [0.05, 0.1) is 24.7 Å². The fourth-order valence-electron chi connectivity index (χ4n) is 5.33. The van der Waals surface area contributed by atoms with Crippen molar-refractivity contribution < 1.29 is 4.74 Å². The number of pyridine rings is 1. The van der Waals surface area contributed by atoms with Crippen molar-refractivity contribution in [1.29, 1.82) is 0 Å². The number of aromatic nitrogens is 5. The number of H-pyrrole nitrogens is 1. The van der Waals surface area contributed by atoms with Crippen LogP contribution < -0.4 is 10.3 Å². The summed E-state index contributed by atoms with van der Waals surface area (Å²) < 4.78 is 7.36. The minimum Gasteiger partial charge on any atom is -0.497 e. The molecule has 2 heterocycles. The summed E-state index contributed by atoms with van der Waals surface area (Å²) in [5.74, 6) is 1.61.